The van der Waals surface area contributed by atoms with Crippen LogP contribution >= 0.6 is 0 Å². The maximum Gasteiger partial charge on any atom is 0.265 e. The highest BCUT2D eigenvalue weighted by Crippen LogP contribution is 2.03. The van der Waals surface area contributed by atoms with Crippen LogP contribution in [0.1, 0.15) is 12.0 Å². The summed E-state index contributed by atoms with van der Waals surface area (Å²) in [4.78, 5) is 11.3. The molecule has 1 rings (SSSR count). The van der Waals surface area contributed by atoms with Gasteiger partial charge in [0.15, 0.2) is 6.10 Å². The highest BCUT2D eigenvalue weighted by Gasteiger charge is 2.17. The summed E-state index contributed by atoms with van der Waals surface area (Å²) in [6.45, 7) is 0.699. The molecule has 100 valence electrons. The van der Waals surface area contributed by atoms with Crippen LogP contribution in [0.2, 0.25) is 0 Å². The average molecular weight is 252 g/mol. The number of carbonyl (C=O) groups is 1. The van der Waals surface area contributed by atoms with Crippen molar-refractivity contribution in [2.24, 2.45) is 5.84 Å². The second kappa shape index (κ2) is 8.63. The molecule has 0 fully saturated rings. The van der Waals surface area contributed by atoms with E-state index in [9.17, 15) is 4.79 Å². The van der Waals surface area contributed by atoms with Crippen LogP contribution in [0.25, 0.3) is 0 Å². The number of aryl methyl sites for hydroxylation is 1. The zero-order valence-electron chi connectivity index (χ0n) is 10.6. The van der Waals surface area contributed by atoms with E-state index in [1.807, 2.05) is 18.2 Å². The molecule has 5 heteroatoms. The summed E-state index contributed by atoms with van der Waals surface area (Å²) in [7, 11) is 1.52. The van der Waals surface area contributed by atoms with Crippen molar-refractivity contribution in [2.45, 2.75) is 18.9 Å². The van der Waals surface area contributed by atoms with Crippen molar-refractivity contribution in [2.75, 3.05) is 20.3 Å². The molecule has 0 aliphatic rings. The number of nitrogens with two attached hydrogens (primary N) is 1. The number of amides is 1. The maximum atomic E-state index is 11.3. The fourth-order valence-electron chi connectivity index (χ4n) is 1.59. The van der Waals surface area contributed by atoms with Crippen LogP contribution in [-0.2, 0) is 20.7 Å². The van der Waals surface area contributed by atoms with Gasteiger partial charge in [-0.15, -0.1) is 0 Å². The lowest BCUT2D eigenvalue weighted by Gasteiger charge is -2.15. The van der Waals surface area contributed by atoms with Crippen molar-refractivity contribution >= 4 is 5.91 Å². The van der Waals surface area contributed by atoms with Crippen molar-refractivity contribution in [3.63, 3.8) is 0 Å². The predicted molar refractivity (Wildman–Crippen MR) is 68.7 cm³/mol. The molecular weight excluding hydrogens is 232 g/mol. The smallest absolute Gasteiger partial charge is 0.265 e. The van der Waals surface area contributed by atoms with E-state index >= 15 is 0 Å². The van der Waals surface area contributed by atoms with Crippen LogP contribution in [0.15, 0.2) is 30.3 Å². The van der Waals surface area contributed by atoms with E-state index < -0.39 is 6.10 Å². The van der Waals surface area contributed by atoms with Crippen LogP contribution in [0.5, 0.6) is 0 Å². The van der Waals surface area contributed by atoms with Crippen molar-refractivity contribution < 1.29 is 14.3 Å². The third kappa shape index (κ3) is 5.27. The monoisotopic (exact) mass is 252 g/mol. The number of ether oxygens (including phenoxy) is 2. The molecule has 0 radical (unpaired) electrons. The fraction of sp³-hybridized carbons (Fsp3) is 0.462. The average Bonchev–Trinajstić information content (AvgIpc) is 2.42. The Hall–Kier alpha value is -1.43. The van der Waals surface area contributed by atoms with Crippen molar-refractivity contribution in [3.8, 4) is 0 Å². The van der Waals surface area contributed by atoms with E-state index in [-0.39, 0.29) is 12.5 Å². The zero-order chi connectivity index (χ0) is 13.2. The van der Waals surface area contributed by atoms with Gasteiger partial charge in [0.2, 0.25) is 0 Å². The lowest BCUT2D eigenvalue weighted by molar-refractivity contribution is -0.136. The first-order valence-corrected chi connectivity index (χ1v) is 5.93. The molecule has 0 aromatic heterocycles. The number of hydrogen-bond donors (Lipinski definition) is 2. The Kier molecular flexibility index (Phi) is 7.01. The first kappa shape index (κ1) is 14.6. The molecule has 1 amide bonds. The Balaban J connectivity index is 2.24. The standard InChI is InChI=1S/C13H20N2O3/c1-17-10-12(13(16)15-14)18-9-5-8-11-6-3-2-4-7-11/h2-4,6-7,12H,5,8-10,14H2,1H3,(H,15,16). The Bertz CT molecular complexity index is 343. The quantitative estimate of drug-likeness (QED) is 0.308. The summed E-state index contributed by atoms with van der Waals surface area (Å²) in [6, 6.07) is 10.1. The SMILES string of the molecule is COCC(OCCCc1ccccc1)C(=O)NN. The van der Waals surface area contributed by atoms with E-state index in [0.717, 1.165) is 12.8 Å². The summed E-state index contributed by atoms with van der Waals surface area (Å²) in [6.07, 6.45) is 1.13. The highest BCUT2D eigenvalue weighted by atomic mass is 16.5. The van der Waals surface area contributed by atoms with E-state index in [1.165, 1.54) is 12.7 Å². The summed E-state index contributed by atoms with van der Waals surface area (Å²) in [5.74, 6) is 4.70. The van der Waals surface area contributed by atoms with Gasteiger partial charge < -0.3 is 9.47 Å². The number of methoxy groups -OCH3 is 1. The predicted octanol–water partition coefficient (Wildman–Crippen LogP) is 0.641. The summed E-state index contributed by atoms with van der Waals surface area (Å²) >= 11 is 0. The molecule has 0 saturated heterocycles. The van der Waals surface area contributed by atoms with Gasteiger partial charge in [-0.05, 0) is 18.4 Å². The van der Waals surface area contributed by atoms with E-state index in [0.29, 0.717) is 6.61 Å². The van der Waals surface area contributed by atoms with Gasteiger partial charge in [0, 0.05) is 13.7 Å². The first-order valence-electron chi connectivity index (χ1n) is 5.93. The highest BCUT2D eigenvalue weighted by molar-refractivity contribution is 5.80. The summed E-state index contributed by atoms with van der Waals surface area (Å²) < 4.78 is 10.3. The number of nitrogens with one attached hydrogen (secondary N) is 1. The summed E-state index contributed by atoms with van der Waals surface area (Å²) in [5.41, 5.74) is 3.32. The zero-order valence-corrected chi connectivity index (χ0v) is 10.6. The molecule has 18 heavy (non-hydrogen) atoms. The molecule has 0 heterocycles. The van der Waals surface area contributed by atoms with E-state index in [4.69, 9.17) is 15.3 Å². The van der Waals surface area contributed by atoms with Crippen LogP contribution in [0.4, 0.5) is 0 Å². The van der Waals surface area contributed by atoms with Gasteiger partial charge >= 0.3 is 0 Å². The Morgan fingerprint density at radius 2 is 2.11 bits per heavy atom. The van der Waals surface area contributed by atoms with Crippen molar-refractivity contribution in [1.82, 2.24) is 5.43 Å². The molecule has 3 N–H and O–H groups in total. The van der Waals surface area contributed by atoms with Crippen LogP contribution in [0, 0.1) is 0 Å². The number of rotatable bonds is 8. The van der Waals surface area contributed by atoms with Crippen LogP contribution in [-0.4, -0.2) is 32.3 Å². The molecule has 0 saturated carbocycles. The molecule has 0 bridgehead atoms. The third-order valence-corrected chi connectivity index (χ3v) is 2.52. The normalized spacial score (nSPS) is 12.1. The van der Waals surface area contributed by atoms with Crippen LogP contribution in [0.3, 0.4) is 0 Å². The molecular formula is C13H20N2O3. The van der Waals surface area contributed by atoms with Gasteiger partial charge in [-0.1, -0.05) is 30.3 Å². The molecule has 1 atom stereocenters. The lowest BCUT2D eigenvalue weighted by Crippen LogP contribution is -2.43. The Morgan fingerprint density at radius 1 is 1.39 bits per heavy atom. The second-order valence-corrected chi connectivity index (χ2v) is 3.91. The number of carbonyl (C=O) groups excluding carboxylic acids is 1. The second-order valence-electron chi connectivity index (χ2n) is 3.91. The molecule has 0 aliphatic carbocycles. The lowest BCUT2D eigenvalue weighted by atomic mass is 10.1. The minimum Gasteiger partial charge on any atom is -0.381 e. The van der Waals surface area contributed by atoms with Gasteiger partial charge in [-0.2, -0.15) is 0 Å². The number of hydrogen-bond acceptors (Lipinski definition) is 4. The molecule has 1 aromatic carbocycles. The topological polar surface area (TPSA) is 73.6 Å². The van der Waals surface area contributed by atoms with Crippen molar-refractivity contribution in [3.05, 3.63) is 35.9 Å². The van der Waals surface area contributed by atoms with Crippen LogP contribution < -0.4 is 11.3 Å². The Labute approximate surface area is 107 Å². The number of benzene rings is 1. The maximum absolute atomic E-state index is 11.3. The van der Waals surface area contributed by atoms with Gasteiger partial charge in [0.05, 0.1) is 6.61 Å². The fourth-order valence-corrected chi connectivity index (χ4v) is 1.59. The van der Waals surface area contributed by atoms with Gasteiger partial charge in [0.1, 0.15) is 0 Å². The first-order chi connectivity index (χ1) is 8.77. The molecule has 0 aliphatic heterocycles. The van der Waals surface area contributed by atoms with Gasteiger partial charge in [-0.25, -0.2) is 5.84 Å². The molecule has 1 unspecified atom stereocenters. The van der Waals surface area contributed by atoms with E-state index in [2.05, 4.69) is 17.6 Å². The minimum absolute atomic E-state index is 0.203. The molecule has 5 nitrogen and oxygen atoms in total. The summed E-state index contributed by atoms with van der Waals surface area (Å²) in [5, 5.41) is 0. The third-order valence-electron chi connectivity index (χ3n) is 2.52. The largest absolute Gasteiger partial charge is 0.381 e. The van der Waals surface area contributed by atoms with E-state index in [1.54, 1.807) is 0 Å². The van der Waals surface area contributed by atoms with Gasteiger partial charge in [-0.3, -0.25) is 10.2 Å². The van der Waals surface area contributed by atoms with Gasteiger partial charge in [0.25, 0.3) is 5.91 Å². The minimum atomic E-state index is -0.643. The Morgan fingerprint density at radius 3 is 2.72 bits per heavy atom. The van der Waals surface area contributed by atoms with Crippen molar-refractivity contribution in [1.29, 1.82) is 0 Å². The molecule has 0 spiro atoms. The molecule has 1 aromatic rings. The number of hydrazine groups is 1.